The van der Waals surface area contributed by atoms with Gasteiger partial charge in [0.1, 0.15) is 0 Å². The van der Waals surface area contributed by atoms with Gasteiger partial charge in [0.15, 0.2) is 0 Å². The van der Waals surface area contributed by atoms with Crippen LogP contribution < -0.4 is 5.32 Å². The number of hydrogen-bond donors (Lipinski definition) is 3. The third kappa shape index (κ3) is 51.7. The van der Waals surface area contributed by atoms with Crippen LogP contribution in [0.5, 0.6) is 0 Å². The molecule has 1 amide bonds. The fourth-order valence-corrected chi connectivity index (χ4v) is 9.16. The van der Waals surface area contributed by atoms with E-state index < -0.39 is 12.1 Å². The van der Waals surface area contributed by atoms with E-state index in [-0.39, 0.29) is 18.5 Å². The van der Waals surface area contributed by atoms with Crippen molar-refractivity contribution in [1.82, 2.24) is 5.32 Å². The molecule has 3 N–H and O–H groups in total. The molecule has 0 aliphatic heterocycles. The Morgan fingerprint density at radius 1 is 0.409 bits per heavy atom. The molecule has 0 spiro atoms. The molecule has 0 aromatic heterocycles. The Kier molecular flexibility index (Phi) is 54.5. The lowest BCUT2D eigenvalue weighted by atomic mass is 10.0. The maximum atomic E-state index is 12.5. The average molecular weight is 931 g/mol. The van der Waals surface area contributed by atoms with Crippen LogP contribution in [0.15, 0.2) is 24.3 Å². The number of amides is 1. The fourth-order valence-electron chi connectivity index (χ4n) is 9.16. The van der Waals surface area contributed by atoms with Gasteiger partial charge in [-0.3, -0.25) is 9.59 Å². The SMILES string of the molecule is CCCCCCCCC/C=C\CCCCCCCC(=O)OCCCC/C=C\CCCCCCC(=O)NC(CO)C(O)CCCCCCCCCCCCCCCCCCCCCCCCC. The second-order valence-corrected chi connectivity index (χ2v) is 20.3. The number of unbranched alkanes of at least 4 members (excludes halogenated alkanes) is 40. The van der Waals surface area contributed by atoms with E-state index in [4.69, 9.17) is 4.74 Å². The quantitative estimate of drug-likeness (QED) is 0.0321. The zero-order valence-corrected chi connectivity index (χ0v) is 44.4. The molecule has 0 saturated heterocycles. The summed E-state index contributed by atoms with van der Waals surface area (Å²) in [5, 5.41) is 23.3. The van der Waals surface area contributed by atoms with Gasteiger partial charge in [0, 0.05) is 12.8 Å². The molecule has 0 rings (SSSR count). The summed E-state index contributed by atoms with van der Waals surface area (Å²) in [5.74, 6) is -0.111. The number of nitrogens with one attached hydrogen (secondary N) is 1. The van der Waals surface area contributed by atoms with Crippen LogP contribution in [0.25, 0.3) is 0 Å². The lowest BCUT2D eigenvalue weighted by molar-refractivity contribution is -0.143. The summed E-state index contributed by atoms with van der Waals surface area (Å²) in [6.45, 7) is 4.88. The minimum Gasteiger partial charge on any atom is -0.466 e. The third-order valence-corrected chi connectivity index (χ3v) is 13.7. The van der Waals surface area contributed by atoms with Crippen molar-refractivity contribution in [2.24, 2.45) is 0 Å². The molecule has 390 valence electrons. The van der Waals surface area contributed by atoms with Gasteiger partial charge in [-0.2, -0.15) is 0 Å². The molecule has 0 aromatic carbocycles. The zero-order valence-electron chi connectivity index (χ0n) is 44.4. The van der Waals surface area contributed by atoms with Gasteiger partial charge in [-0.05, 0) is 77.0 Å². The van der Waals surface area contributed by atoms with Crippen LogP contribution in [0.2, 0.25) is 0 Å². The summed E-state index contributed by atoms with van der Waals surface area (Å²) in [6.07, 6.45) is 67.5. The molecule has 2 unspecified atom stereocenters. The topological polar surface area (TPSA) is 95.9 Å². The third-order valence-electron chi connectivity index (χ3n) is 13.7. The van der Waals surface area contributed by atoms with Crippen molar-refractivity contribution in [2.75, 3.05) is 13.2 Å². The zero-order chi connectivity index (χ0) is 47.9. The van der Waals surface area contributed by atoms with Crippen LogP contribution in [0.1, 0.15) is 322 Å². The Balaban J connectivity index is 3.50. The molecule has 0 aromatic rings. The molecule has 0 aliphatic rings. The van der Waals surface area contributed by atoms with Crippen molar-refractivity contribution in [3.8, 4) is 0 Å². The molecule has 0 fully saturated rings. The van der Waals surface area contributed by atoms with Gasteiger partial charge in [-0.15, -0.1) is 0 Å². The predicted octanol–water partition coefficient (Wildman–Crippen LogP) is 18.2. The van der Waals surface area contributed by atoms with Crippen LogP contribution in [0.4, 0.5) is 0 Å². The van der Waals surface area contributed by atoms with Crippen LogP contribution in [-0.4, -0.2) is 47.4 Å². The van der Waals surface area contributed by atoms with E-state index in [1.54, 1.807) is 0 Å². The van der Waals surface area contributed by atoms with Crippen LogP contribution in [0.3, 0.4) is 0 Å². The van der Waals surface area contributed by atoms with Crippen molar-refractivity contribution in [3.05, 3.63) is 24.3 Å². The molecular formula is C60H115NO5. The summed E-state index contributed by atoms with van der Waals surface area (Å²) in [7, 11) is 0. The number of aliphatic hydroxyl groups is 2. The summed E-state index contributed by atoms with van der Waals surface area (Å²) in [4.78, 5) is 24.6. The van der Waals surface area contributed by atoms with Crippen molar-refractivity contribution >= 4 is 11.9 Å². The highest BCUT2D eigenvalue weighted by Gasteiger charge is 2.20. The van der Waals surface area contributed by atoms with Gasteiger partial charge < -0.3 is 20.3 Å². The normalized spacial score (nSPS) is 12.7. The van der Waals surface area contributed by atoms with Crippen molar-refractivity contribution < 1.29 is 24.5 Å². The van der Waals surface area contributed by atoms with Crippen molar-refractivity contribution in [3.63, 3.8) is 0 Å². The largest absolute Gasteiger partial charge is 0.466 e. The first kappa shape index (κ1) is 64.3. The van der Waals surface area contributed by atoms with Gasteiger partial charge in [0.05, 0.1) is 25.4 Å². The first-order valence-electron chi connectivity index (χ1n) is 29.6. The number of hydrogen-bond acceptors (Lipinski definition) is 5. The maximum Gasteiger partial charge on any atom is 0.305 e. The van der Waals surface area contributed by atoms with Crippen LogP contribution in [-0.2, 0) is 14.3 Å². The highest BCUT2D eigenvalue weighted by atomic mass is 16.5. The Morgan fingerprint density at radius 2 is 0.712 bits per heavy atom. The molecule has 0 radical (unpaired) electrons. The molecule has 6 nitrogen and oxygen atoms in total. The van der Waals surface area contributed by atoms with E-state index in [0.29, 0.717) is 25.9 Å². The summed E-state index contributed by atoms with van der Waals surface area (Å²) in [5.41, 5.74) is 0. The van der Waals surface area contributed by atoms with Crippen LogP contribution >= 0.6 is 0 Å². The van der Waals surface area contributed by atoms with Crippen LogP contribution in [0, 0.1) is 0 Å². The van der Waals surface area contributed by atoms with Gasteiger partial charge in [-0.25, -0.2) is 0 Å². The van der Waals surface area contributed by atoms with E-state index in [0.717, 1.165) is 77.0 Å². The Labute approximate surface area is 411 Å². The summed E-state index contributed by atoms with van der Waals surface area (Å²) < 4.78 is 5.44. The standard InChI is InChI=1S/C60H115NO5/c1-3-5-7-9-11-13-15-17-19-21-22-23-24-25-26-27-28-30-32-36-40-44-48-52-58(63)57(56-62)61-59(64)53-49-45-41-37-34-35-39-43-47-51-55-66-60(65)54-50-46-42-38-33-31-29-20-18-16-14-12-10-8-6-4-2/h20,29,35,39,57-58,62-63H,3-19,21-28,30-34,36-38,40-56H2,1-2H3,(H,61,64)/b29-20-,39-35-. The first-order chi connectivity index (χ1) is 32.5. The molecule has 0 aliphatic carbocycles. The Morgan fingerprint density at radius 3 is 1.08 bits per heavy atom. The second kappa shape index (κ2) is 55.9. The smallest absolute Gasteiger partial charge is 0.305 e. The molecule has 6 heteroatoms. The number of rotatable bonds is 55. The van der Waals surface area contributed by atoms with Gasteiger partial charge in [0.2, 0.25) is 5.91 Å². The number of carbonyl (C=O) groups is 2. The lowest BCUT2D eigenvalue weighted by Gasteiger charge is -2.22. The number of allylic oxidation sites excluding steroid dienone is 4. The Bertz CT molecular complexity index is 1030. The van der Waals surface area contributed by atoms with E-state index >= 15 is 0 Å². The molecule has 0 heterocycles. The van der Waals surface area contributed by atoms with Crippen molar-refractivity contribution in [2.45, 2.75) is 334 Å². The maximum absolute atomic E-state index is 12.5. The number of ether oxygens (including phenoxy) is 1. The highest BCUT2D eigenvalue weighted by Crippen LogP contribution is 2.17. The summed E-state index contributed by atoms with van der Waals surface area (Å²) >= 11 is 0. The van der Waals surface area contributed by atoms with E-state index in [9.17, 15) is 19.8 Å². The Hall–Kier alpha value is -1.66. The lowest BCUT2D eigenvalue weighted by Crippen LogP contribution is -2.45. The molecule has 0 saturated carbocycles. The minimum absolute atomic E-state index is 0.0428. The number of carbonyl (C=O) groups excluding carboxylic acids is 2. The fraction of sp³-hybridized carbons (Fsp3) is 0.900. The van der Waals surface area contributed by atoms with Gasteiger partial charge in [-0.1, -0.05) is 256 Å². The minimum atomic E-state index is -0.687. The van der Waals surface area contributed by atoms with E-state index in [1.165, 1.54) is 212 Å². The van der Waals surface area contributed by atoms with Gasteiger partial charge in [0.25, 0.3) is 0 Å². The van der Waals surface area contributed by atoms with E-state index in [2.05, 4.69) is 43.5 Å². The molecular weight excluding hydrogens is 815 g/mol. The number of esters is 1. The predicted molar refractivity (Wildman–Crippen MR) is 287 cm³/mol. The second-order valence-electron chi connectivity index (χ2n) is 20.3. The molecule has 2 atom stereocenters. The van der Waals surface area contributed by atoms with Gasteiger partial charge >= 0.3 is 5.97 Å². The van der Waals surface area contributed by atoms with E-state index in [1.807, 2.05) is 0 Å². The molecule has 0 bridgehead atoms. The monoisotopic (exact) mass is 930 g/mol. The summed E-state index contributed by atoms with van der Waals surface area (Å²) in [6, 6.07) is -0.568. The number of aliphatic hydroxyl groups excluding tert-OH is 2. The molecule has 66 heavy (non-hydrogen) atoms. The average Bonchev–Trinajstić information content (AvgIpc) is 3.32. The van der Waals surface area contributed by atoms with Crippen molar-refractivity contribution in [1.29, 1.82) is 0 Å². The highest BCUT2D eigenvalue weighted by molar-refractivity contribution is 5.76. The first-order valence-corrected chi connectivity index (χ1v) is 29.6.